The number of ketones is 1. The van der Waals surface area contributed by atoms with Gasteiger partial charge in [0.1, 0.15) is 5.69 Å². The number of rotatable bonds is 3. The highest BCUT2D eigenvalue weighted by molar-refractivity contribution is 7.17. The lowest BCUT2D eigenvalue weighted by molar-refractivity contribution is 0.103. The molecule has 0 spiro atoms. The van der Waals surface area contributed by atoms with E-state index < -0.39 is 0 Å². The molecule has 0 aliphatic heterocycles. The average molecular weight is 270 g/mol. The van der Waals surface area contributed by atoms with Crippen molar-refractivity contribution in [3.8, 4) is 5.88 Å². The smallest absolute Gasteiger partial charge is 0.233 e. The Morgan fingerprint density at radius 2 is 2.05 bits per heavy atom. The van der Waals surface area contributed by atoms with Crippen LogP contribution in [0, 0.1) is 0 Å². The normalized spacial score (nSPS) is 10.6. The molecule has 0 radical (unpaired) electrons. The molecule has 0 bridgehead atoms. The topological polar surface area (TPSA) is 52.1 Å². The predicted molar refractivity (Wildman–Crippen MR) is 73.8 cm³/mol. The van der Waals surface area contributed by atoms with E-state index in [1.807, 2.05) is 29.6 Å². The number of benzene rings is 1. The lowest BCUT2D eigenvalue weighted by Crippen LogP contribution is -2.05. The number of methoxy groups -OCH3 is 1. The van der Waals surface area contributed by atoms with Crippen molar-refractivity contribution in [3.63, 3.8) is 0 Å². The number of aromatic nitrogens is 2. The Kier molecular flexibility index (Phi) is 2.97. The molecule has 0 aliphatic carbocycles. The van der Waals surface area contributed by atoms with Gasteiger partial charge in [-0.15, -0.1) is 21.5 Å². The van der Waals surface area contributed by atoms with Crippen LogP contribution in [-0.2, 0) is 0 Å². The molecule has 3 aromatic rings. The second-order valence-corrected chi connectivity index (χ2v) is 4.85. The number of thiophene rings is 1. The van der Waals surface area contributed by atoms with E-state index in [9.17, 15) is 4.79 Å². The van der Waals surface area contributed by atoms with Gasteiger partial charge in [0.15, 0.2) is 0 Å². The van der Waals surface area contributed by atoms with Crippen LogP contribution in [0.5, 0.6) is 5.88 Å². The van der Waals surface area contributed by atoms with Crippen molar-refractivity contribution in [3.05, 3.63) is 53.0 Å². The first-order chi connectivity index (χ1) is 9.29. The number of carbonyl (C=O) groups excluding carboxylic acids is 1. The summed E-state index contributed by atoms with van der Waals surface area (Å²) in [5, 5.41) is 10.8. The summed E-state index contributed by atoms with van der Waals surface area (Å²) in [7, 11) is 1.51. The summed E-state index contributed by atoms with van der Waals surface area (Å²) >= 11 is 1.55. The van der Waals surface area contributed by atoms with Crippen molar-refractivity contribution in [2.45, 2.75) is 0 Å². The van der Waals surface area contributed by atoms with E-state index >= 15 is 0 Å². The van der Waals surface area contributed by atoms with Crippen LogP contribution in [0.1, 0.15) is 16.1 Å². The Bertz CT molecular complexity index is 735. The lowest BCUT2D eigenvalue weighted by Gasteiger charge is -2.02. The summed E-state index contributed by atoms with van der Waals surface area (Å²) in [4.78, 5) is 12.4. The van der Waals surface area contributed by atoms with Crippen LogP contribution in [0.25, 0.3) is 10.1 Å². The number of fused-ring (bicyclic) bond motifs is 1. The molecule has 0 N–H and O–H groups in total. The third kappa shape index (κ3) is 2.08. The van der Waals surface area contributed by atoms with Gasteiger partial charge >= 0.3 is 0 Å². The standard InChI is InChI=1S/C14H10N2O2S/c1-18-12-6-5-11(15-16-12)13(17)10-4-2-3-9-7-8-19-14(9)10/h2-8H,1H3. The molecule has 0 atom stereocenters. The Labute approximate surface area is 113 Å². The quantitative estimate of drug-likeness (QED) is 0.687. The summed E-state index contributed by atoms with van der Waals surface area (Å²) in [6.07, 6.45) is 0. The van der Waals surface area contributed by atoms with Crippen molar-refractivity contribution >= 4 is 27.2 Å². The molecule has 5 heteroatoms. The van der Waals surface area contributed by atoms with E-state index in [0.717, 1.165) is 10.1 Å². The predicted octanol–water partition coefficient (Wildman–Crippen LogP) is 2.93. The molecule has 0 unspecified atom stereocenters. The minimum atomic E-state index is -0.122. The van der Waals surface area contributed by atoms with Crippen molar-refractivity contribution in [2.75, 3.05) is 7.11 Å². The maximum absolute atomic E-state index is 12.4. The van der Waals surface area contributed by atoms with Crippen LogP contribution in [0.2, 0.25) is 0 Å². The van der Waals surface area contributed by atoms with Crippen molar-refractivity contribution in [1.29, 1.82) is 0 Å². The number of nitrogens with zero attached hydrogens (tertiary/aromatic N) is 2. The first-order valence-electron chi connectivity index (χ1n) is 5.68. The van der Waals surface area contributed by atoms with Gasteiger partial charge in [-0.1, -0.05) is 12.1 Å². The molecule has 4 nitrogen and oxygen atoms in total. The zero-order valence-corrected chi connectivity index (χ0v) is 11.0. The first kappa shape index (κ1) is 11.8. The molecule has 2 heterocycles. The van der Waals surface area contributed by atoms with Crippen molar-refractivity contribution in [1.82, 2.24) is 10.2 Å². The van der Waals surface area contributed by atoms with Crippen molar-refractivity contribution < 1.29 is 9.53 Å². The van der Waals surface area contributed by atoms with E-state index in [1.54, 1.807) is 23.5 Å². The molecule has 2 aromatic heterocycles. The highest BCUT2D eigenvalue weighted by Gasteiger charge is 2.15. The van der Waals surface area contributed by atoms with Gasteiger partial charge in [0, 0.05) is 16.3 Å². The van der Waals surface area contributed by atoms with Crippen LogP contribution in [-0.4, -0.2) is 23.1 Å². The minimum absolute atomic E-state index is 0.122. The monoisotopic (exact) mass is 270 g/mol. The summed E-state index contributed by atoms with van der Waals surface area (Å²) in [6, 6.07) is 10.9. The Balaban J connectivity index is 2.05. The minimum Gasteiger partial charge on any atom is -0.480 e. The molecule has 0 saturated heterocycles. The lowest BCUT2D eigenvalue weighted by atomic mass is 10.1. The zero-order chi connectivity index (χ0) is 13.2. The SMILES string of the molecule is COc1ccc(C(=O)c2cccc3ccsc23)nn1. The number of hydrogen-bond acceptors (Lipinski definition) is 5. The molecule has 0 aliphatic rings. The van der Waals surface area contributed by atoms with Crippen LogP contribution in [0.3, 0.4) is 0 Å². The molecular weight excluding hydrogens is 260 g/mol. The third-order valence-corrected chi connectivity index (χ3v) is 3.77. The van der Waals surface area contributed by atoms with Gasteiger partial charge in [0.25, 0.3) is 0 Å². The van der Waals surface area contributed by atoms with E-state index in [1.165, 1.54) is 7.11 Å². The second kappa shape index (κ2) is 4.78. The van der Waals surface area contributed by atoms with Crippen LogP contribution in [0.4, 0.5) is 0 Å². The zero-order valence-electron chi connectivity index (χ0n) is 10.2. The highest BCUT2D eigenvalue weighted by atomic mass is 32.1. The molecule has 3 rings (SSSR count). The fourth-order valence-corrected chi connectivity index (χ4v) is 2.77. The van der Waals surface area contributed by atoms with Crippen LogP contribution < -0.4 is 4.74 Å². The van der Waals surface area contributed by atoms with Gasteiger partial charge in [-0.3, -0.25) is 4.79 Å². The van der Waals surface area contributed by atoms with E-state index in [4.69, 9.17) is 4.74 Å². The molecular formula is C14H10N2O2S. The van der Waals surface area contributed by atoms with Gasteiger partial charge in [0.05, 0.1) is 7.11 Å². The van der Waals surface area contributed by atoms with Crippen molar-refractivity contribution in [2.24, 2.45) is 0 Å². The average Bonchev–Trinajstić information content (AvgIpc) is 2.95. The number of hydrogen-bond donors (Lipinski definition) is 0. The Morgan fingerprint density at radius 1 is 1.16 bits per heavy atom. The highest BCUT2D eigenvalue weighted by Crippen LogP contribution is 2.26. The fraction of sp³-hybridized carbons (Fsp3) is 0.0714. The van der Waals surface area contributed by atoms with Gasteiger partial charge < -0.3 is 4.74 Å². The maximum atomic E-state index is 12.4. The first-order valence-corrected chi connectivity index (χ1v) is 6.56. The van der Waals surface area contributed by atoms with Gasteiger partial charge in [0.2, 0.25) is 11.7 Å². The molecule has 0 saturated carbocycles. The summed E-state index contributed by atoms with van der Waals surface area (Å²) in [6.45, 7) is 0. The summed E-state index contributed by atoms with van der Waals surface area (Å²) in [5.74, 6) is 0.272. The fourth-order valence-electron chi connectivity index (χ4n) is 1.86. The Morgan fingerprint density at radius 3 is 2.79 bits per heavy atom. The molecule has 94 valence electrons. The molecule has 0 fully saturated rings. The number of carbonyl (C=O) groups is 1. The van der Waals surface area contributed by atoms with Crippen LogP contribution >= 0.6 is 11.3 Å². The molecule has 19 heavy (non-hydrogen) atoms. The van der Waals surface area contributed by atoms with Gasteiger partial charge in [-0.2, -0.15) is 0 Å². The molecule has 0 amide bonds. The summed E-state index contributed by atoms with van der Waals surface area (Å²) in [5.41, 5.74) is 0.980. The maximum Gasteiger partial charge on any atom is 0.233 e. The third-order valence-electron chi connectivity index (χ3n) is 2.81. The van der Waals surface area contributed by atoms with Gasteiger partial charge in [-0.05, 0) is 29.0 Å². The Hall–Kier alpha value is -2.27. The van der Waals surface area contributed by atoms with E-state index in [-0.39, 0.29) is 5.78 Å². The summed E-state index contributed by atoms with van der Waals surface area (Å²) < 4.78 is 5.91. The van der Waals surface area contributed by atoms with Gasteiger partial charge in [-0.25, -0.2) is 0 Å². The van der Waals surface area contributed by atoms with E-state index in [0.29, 0.717) is 17.1 Å². The number of ether oxygens (including phenoxy) is 1. The largest absolute Gasteiger partial charge is 0.480 e. The van der Waals surface area contributed by atoms with E-state index in [2.05, 4.69) is 10.2 Å². The van der Waals surface area contributed by atoms with Crippen LogP contribution in [0.15, 0.2) is 41.8 Å². The second-order valence-electron chi connectivity index (χ2n) is 3.93. The molecule has 1 aromatic carbocycles.